The highest BCUT2D eigenvalue weighted by molar-refractivity contribution is 5.78. The van der Waals surface area contributed by atoms with Crippen LogP contribution in [0.5, 0.6) is 0 Å². The summed E-state index contributed by atoms with van der Waals surface area (Å²) in [5, 5.41) is 5.37. The summed E-state index contributed by atoms with van der Waals surface area (Å²) in [5.41, 5.74) is -0.00962. The summed E-state index contributed by atoms with van der Waals surface area (Å²) in [5.74, 6) is -1.89. The van der Waals surface area contributed by atoms with E-state index in [1.807, 2.05) is 0 Å². The van der Waals surface area contributed by atoms with Crippen molar-refractivity contribution in [2.75, 3.05) is 31.1 Å². The number of nitrogens with zero attached hydrogens (tertiary/aromatic N) is 7. The van der Waals surface area contributed by atoms with Gasteiger partial charge in [0, 0.05) is 58.1 Å². The van der Waals surface area contributed by atoms with Gasteiger partial charge in [-0.3, -0.25) is 4.79 Å². The summed E-state index contributed by atoms with van der Waals surface area (Å²) in [6, 6.07) is 5.33. The zero-order valence-electron chi connectivity index (χ0n) is 19.3. The highest BCUT2D eigenvalue weighted by Crippen LogP contribution is 2.30. The Kier molecular flexibility index (Phi) is 6.17. The van der Waals surface area contributed by atoms with Crippen LogP contribution in [0.4, 0.5) is 23.9 Å². The highest BCUT2D eigenvalue weighted by Gasteiger charge is 2.34. The molecular weight excluding hydrogens is 475 g/mol. The Hall–Kier alpha value is -4.22. The Morgan fingerprint density at radius 1 is 1.06 bits per heavy atom. The van der Waals surface area contributed by atoms with Crippen molar-refractivity contribution in [3.63, 3.8) is 0 Å². The van der Waals surface area contributed by atoms with Crippen molar-refractivity contribution in [3.8, 4) is 11.3 Å². The number of anilines is 1. The first-order valence-electron chi connectivity index (χ1n) is 11.3. The molecular formula is C24H22F3N7O2. The SMILES string of the molecule is Cn1cccc(-c2nc(N3CCN(C(=O)N4N=CC[C@H]4c4cc(F)cc(F)c4)CC3)ncc2F)c1=O. The molecule has 2 aliphatic rings. The van der Waals surface area contributed by atoms with E-state index in [9.17, 15) is 22.8 Å². The molecule has 2 aliphatic heterocycles. The molecule has 5 rings (SSSR count). The van der Waals surface area contributed by atoms with Gasteiger partial charge < -0.3 is 14.4 Å². The first-order valence-corrected chi connectivity index (χ1v) is 11.3. The van der Waals surface area contributed by atoms with Gasteiger partial charge in [-0.05, 0) is 29.8 Å². The highest BCUT2D eigenvalue weighted by atomic mass is 19.1. The van der Waals surface area contributed by atoms with Gasteiger partial charge in [-0.2, -0.15) is 5.10 Å². The quantitative estimate of drug-likeness (QED) is 0.556. The van der Waals surface area contributed by atoms with Gasteiger partial charge in [0.05, 0.1) is 17.8 Å². The molecule has 1 fully saturated rings. The van der Waals surface area contributed by atoms with Crippen LogP contribution in [0.1, 0.15) is 18.0 Å². The largest absolute Gasteiger partial charge is 0.341 e. The third-order valence-corrected chi connectivity index (χ3v) is 6.24. The van der Waals surface area contributed by atoms with E-state index in [4.69, 9.17) is 0 Å². The number of rotatable bonds is 3. The molecule has 2 aromatic heterocycles. The maximum Gasteiger partial charge on any atom is 0.341 e. The number of hydrogen-bond acceptors (Lipinski definition) is 6. The molecule has 1 saturated heterocycles. The van der Waals surface area contributed by atoms with Crippen molar-refractivity contribution < 1.29 is 18.0 Å². The predicted molar refractivity (Wildman–Crippen MR) is 126 cm³/mol. The maximum atomic E-state index is 14.5. The zero-order valence-corrected chi connectivity index (χ0v) is 19.3. The lowest BCUT2D eigenvalue weighted by Crippen LogP contribution is -2.52. The molecule has 3 aromatic rings. The van der Waals surface area contributed by atoms with E-state index >= 15 is 0 Å². The smallest absolute Gasteiger partial charge is 0.337 e. The zero-order chi connectivity index (χ0) is 25.4. The van der Waals surface area contributed by atoms with Crippen LogP contribution in [0.3, 0.4) is 0 Å². The molecule has 0 bridgehead atoms. The molecule has 9 nitrogen and oxygen atoms in total. The fourth-order valence-electron chi connectivity index (χ4n) is 4.36. The summed E-state index contributed by atoms with van der Waals surface area (Å²) in [6.07, 6.45) is 4.49. The molecule has 0 aliphatic carbocycles. The molecule has 4 heterocycles. The molecule has 36 heavy (non-hydrogen) atoms. The molecule has 12 heteroatoms. The maximum absolute atomic E-state index is 14.5. The number of hydrazone groups is 1. The van der Waals surface area contributed by atoms with Crippen LogP contribution in [0.15, 0.2) is 52.6 Å². The Labute approximate surface area is 204 Å². The number of pyridine rings is 1. The summed E-state index contributed by atoms with van der Waals surface area (Å²) < 4.78 is 43.3. The predicted octanol–water partition coefficient (Wildman–Crippen LogP) is 2.93. The monoisotopic (exact) mass is 497 g/mol. The number of piperazine rings is 1. The minimum atomic E-state index is -0.718. The Morgan fingerprint density at radius 2 is 1.78 bits per heavy atom. The molecule has 0 N–H and O–H groups in total. The van der Waals surface area contributed by atoms with Crippen LogP contribution in [-0.2, 0) is 7.05 Å². The number of halogens is 3. The fraction of sp³-hybridized carbons (Fsp3) is 0.292. The lowest BCUT2D eigenvalue weighted by atomic mass is 10.0. The second-order valence-corrected chi connectivity index (χ2v) is 8.56. The van der Waals surface area contributed by atoms with E-state index in [0.717, 1.165) is 12.3 Å². The topological polar surface area (TPSA) is 86.9 Å². The van der Waals surface area contributed by atoms with Gasteiger partial charge in [-0.25, -0.2) is 32.9 Å². The minimum Gasteiger partial charge on any atom is -0.337 e. The summed E-state index contributed by atoms with van der Waals surface area (Å²) >= 11 is 0. The van der Waals surface area contributed by atoms with E-state index in [-0.39, 0.29) is 28.8 Å². The van der Waals surface area contributed by atoms with Gasteiger partial charge in [0.2, 0.25) is 5.95 Å². The van der Waals surface area contributed by atoms with E-state index < -0.39 is 23.5 Å². The molecule has 0 saturated carbocycles. The second kappa shape index (κ2) is 9.44. The molecule has 0 unspecified atom stereocenters. The molecule has 1 aromatic carbocycles. The van der Waals surface area contributed by atoms with Crippen LogP contribution < -0.4 is 10.5 Å². The van der Waals surface area contributed by atoms with Crippen LogP contribution in [-0.4, -0.2) is 62.9 Å². The molecule has 186 valence electrons. The van der Waals surface area contributed by atoms with E-state index in [2.05, 4.69) is 15.1 Å². The molecule has 0 spiro atoms. The van der Waals surface area contributed by atoms with Gasteiger partial charge >= 0.3 is 6.03 Å². The van der Waals surface area contributed by atoms with Crippen LogP contribution in [0.2, 0.25) is 0 Å². The summed E-state index contributed by atoms with van der Waals surface area (Å²) in [4.78, 5) is 37.4. The Morgan fingerprint density at radius 3 is 2.50 bits per heavy atom. The molecule has 0 radical (unpaired) electrons. The number of urea groups is 1. The number of aryl methyl sites for hydroxylation is 1. The van der Waals surface area contributed by atoms with Gasteiger partial charge in [0.1, 0.15) is 17.3 Å². The molecule has 1 atom stereocenters. The van der Waals surface area contributed by atoms with Gasteiger partial charge in [0.15, 0.2) is 5.82 Å². The van der Waals surface area contributed by atoms with E-state index in [1.54, 1.807) is 35.3 Å². The Balaban J connectivity index is 1.30. The number of benzene rings is 1. The Bertz CT molecular complexity index is 1380. The van der Waals surface area contributed by atoms with Gasteiger partial charge in [0.25, 0.3) is 5.56 Å². The third kappa shape index (κ3) is 4.41. The van der Waals surface area contributed by atoms with Crippen molar-refractivity contribution in [2.24, 2.45) is 12.1 Å². The van der Waals surface area contributed by atoms with Crippen molar-refractivity contribution in [1.82, 2.24) is 24.4 Å². The van der Waals surface area contributed by atoms with Gasteiger partial charge in [-0.1, -0.05) is 0 Å². The average molecular weight is 497 g/mol. The second-order valence-electron chi connectivity index (χ2n) is 8.56. The lowest BCUT2D eigenvalue weighted by Gasteiger charge is -2.37. The minimum absolute atomic E-state index is 0.0868. The van der Waals surface area contributed by atoms with Crippen molar-refractivity contribution in [1.29, 1.82) is 0 Å². The van der Waals surface area contributed by atoms with E-state index in [1.165, 1.54) is 27.8 Å². The molecule has 2 amide bonds. The summed E-state index contributed by atoms with van der Waals surface area (Å²) in [6.45, 7) is 1.33. The lowest BCUT2D eigenvalue weighted by molar-refractivity contribution is 0.139. The average Bonchev–Trinajstić information content (AvgIpc) is 3.35. The normalized spacial score (nSPS) is 17.7. The van der Waals surface area contributed by atoms with Gasteiger partial charge in [-0.15, -0.1) is 0 Å². The van der Waals surface area contributed by atoms with Crippen LogP contribution in [0.25, 0.3) is 11.3 Å². The van der Waals surface area contributed by atoms with Crippen molar-refractivity contribution in [2.45, 2.75) is 12.5 Å². The van der Waals surface area contributed by atoms with Crippen molar-refractivity contribution in [3.05, 3.63) is 76.1 Å². The first-order chi connectivity index (χ1) is 17.3. The van der Waals surface area contributed by atoms with E-state index in [0.29, 0.717) is 38.2 Å². The third-order valence-electron chi connectivity index (χ3n) is 6.24. The number of amides is 2. The number of aromatic nitrogens is 3. The van der Waals surface area contributed by atoms with Crippen molar-refractivity contribution >= 4 is 18.2 Å². The number of hydrogen-bond donors (Lipinski definition) is 0. The number of carbonyl (C=O) groups is 1. The van der Waals surface area contributed by atoms with Crippen LogP contribution >= 0.6 is 0 Å². The first kappa shape index (κ1) is 23.5. The number of carbonyl (C=O) groups excluding carboxylic acids is 1. The summed E-state index contributed by atoms with van der Waals surface area (Å²) in [7, 11) is 1.57. The van der Waals surface area contributed by atoms with Crippen LogP contribution in [0, 0.1) is 17.5 Å². The fourth-order valence-corrected chi connectivity index (χ4v) is 4.36. The standard InChI is InChI=1S/C24H22F3N7O2/c1-31-6-2-3-18(22(31)35)21-19(27)14-28-23(30-21)32-7-9-33(10-8-32)24(36)34-20(4-5-29-34)15-11-16(25)13-17(26)12-15/h2-3,5-6,11-14,20H,4,7-10H2,1H3/t20-/m0/s1.